The van der Waals surface area contributed by atoms with Gasteiger partial charge in [-0.15, -0.1) is 0 Å². The first-order chi connectivity index (χ1) is 10.2. The molecule has 1 unspecified atom stereocenters. The van der Waals surface area contributed by atoms with E-state index in [1.54, 1.807) is 4.90 Å². The molecule has 0 saturated carbocycles. The molecular weight excluding hydrogens is 286 g/mol. The van der Waals surface area contributed by atoms with E-state index < -0.39 is 0 Å². The lowest BCUT2D eigenvalue weighted by Gasteiger charge is -2.24. The van der Waals surface area contributed by atoms with Crippen LogP contribution in [0.5, 0.6) is 0 Å². The van der Waals surface area contributed by atoms with Gasteiger partial charge in [0.25, 0.3) is 0 Å². The second-order valence-corrected chi connectivity index (χ2v) is 5.61. The van der Waals surface area contributed by atoms with Gasteiger partial charge in [0.05, 0.1) is 17.7 Å². The molecule has 0 aliphatic carbocycles. The molecule has 0 bridgehead atoms. The van der Waals surface area contributed by atoms with E-state index in [2.05, 4.69) is 21.3 Å². The Kier molecular flexibility index (Phi) is 5.35. The monoisotopic (exact) mass is 301 g/mol. The lowest BCUT2D eigenvalue weighted by molar-refractivity contribution is -0.117. The van der Waals surface area contributed by atoms with E-state index in [4.69, 9.17) is 5.26 Å². The molecule has 21 heavy (non-hydrogen) atoms. The van der Waals surface area contributed by atoms with E-state index in [1.165, 1.54) is 18.1 Å². The highest BCUT2D eigenvalue weighted by molar-refractivity contribution is 8.00. The summed E-state index contributed by atoms with van der Waals surface area (Å²) < 4.78 is 0. The van der Waals surface area contributed by atoms with Gasteiger partial charge in [-0.1, -0.05) is 30.0 Å². The summed E-state index contributed by atoms with van der Waals surface area (Å²) in [5, 5.41) is 15.5. The zero-order chi connectivity index (χ0) is 15.1. The summed E-state index contributed by atoms with van der Waals surface area (Å²) in [6.45, 7) is 2.19. The summed E-state index contributed by atoms with van der Waals surface area (Å²) in [7, 11) is 0. The third kappa shape index (κ3) is 4.07. The standard InChI is InChI=1S/C14H15N5OS/c1-11(21-14-16-10-17-18-14)13(20)19(9-5-8-15)12-6-3-2-4-7-12/h2-4,6-7,10-11H,5,9H2,1H3,(H,16,17,18). The molecule has 1 aromatic carbocycles. The summed E-state index contributed by atoms with van der Waals surface area (Å²) >= 11 is 1.31. The third-order valence-electron chi connectivity index (χ3n) is 2.81. The highest BCUT2D eigenvalue weighted by Crippen LogP contribution is 2.23. The van der Waals surface area contributed by atoms with Crippen LogP contribution in [0, 0.1) is 11.3 Å². The molecule has 0 aliphatic rings. The second kappa shape index (κ2) is 7.45. The first-order valence-electron chi connectivity index (χ1n) is 6.47. The van der Waals surface area contributed by atoms with Crippen molar-refractivity contribution in [1.82, 2.24) is 15.2 Å². The van der Waals surface area contributed by atoms with Crippen LogP contribution in [-0.4, -0.2) is 32.9 Å². The SMILES string of the molecule is CC(Sc1ncn[nH]1)C(=O)N(CCC#N)c1ccccc1. The predicted octanol–water partition coefficient (Wildman–Crippen LogP) is 2.23. The van der Waals surface area contributed by atoms with E-state index in [9.17, 15) is 4.79 Å². The van der Waals surface area contributed by atoms with Gasteiger partial charge < -0.3 is 4.90 Å². The van der Waals surface area contributed by atoms with Crippen molar-refractivity contribution < 1.29 is 4.79 Å². The average Bonchev–Trinajstić information content (AvgIpc) is 3.01. The summed E-state index contributed by atoms with van der Waals surface area (Å²) in [6, 6.07) is 11.4. The number of nitrogens with one attached hydrogen (secondary N) is 1. The van der Waals surface area contributed by atoms with Crippen LogP contribution in [0.15, 0.2) is 41.8 Å². The first kappa shape index (κ1) is 15.1. The number of carbonyl (C=O) groups is 1. The molecule has 1 aromatic heterocycles. The van der Waals surface area contributed by atoms with Crippen LogP contribution < -0.4 is 4.90 Å². The van der Waals surface area contributed by atoms with Crippen molar-refractivity contribution in [2.45, 2.75) is 23.8 Å². The zero-order valence-electron chi connectivity index (χ0n) is 11.6. The maximum absolute atomic E-state index is 12.6. The molecule has 7 heteroatoms. The van der Waals surface area contributed by atoms with Gasteiger partial charge in [-0.05, 0) is 19.1 Å². The van der Waals surface area contributed by atoms with Gasteiger partial charge in [0.1, 0.15) is 6.33 Å². The molecule has 0 radical (unpaired) electrons. The smallest absolute Gasteiger partial charge is 0.240 e. The highest BCUT2D eigenvalue weighted by Gasteiger charge is 2.23. The van der Waals surface area contributed by atoms with Gasteiger partial charge in [-0.3, -0.25) is 9.89 Å². The lowest BCUT2D eigenvalue weighted by atomic mass is 10.2. The van der Waals surface area contributed by atoms with E-state index in [-0.39, 0.29) is 11.2 Å². The molecule has 0 spiro atoms. The first-order valence-corrected chi connectivity index (χ1v) is 7.35. The number of nitriles is 1. The molecule has 2 rings (SSSR count). The van der Waals surface area contributed by atoms with Crippen molar-refractivity contribution in [3.05, 3.63) is 36.7 Å². The number of aromatic amines is 1. The van der Waals surface area contributed by atoms with Crippen LogP contribution in [0.2, 0.25) is 0 Å². The number of carbonyl (C=O) groups excluding carboxylic acids is 1. The number of hydrogen-bond acceptors (Lipinski definition) is 5. The Morgan fingerprint density at radius 1 is 1.48 bits per heavy atom. The van der Waals surface area contributed by atoms with Crippen LogP contribution in [0.4, 0.5) is 5.69 Å². The number of H-pyrrole nitrogens is 1. The van der Waals surface area contributed by atoms with Crippen LogP contribution in [0.25, 0.3) is 0 Å². The number of para-hydroxylation sites is 1. The molecule has 0 saturated heterocycles. The lowest BCUT2D eigenvalue weighted by Crippen LogP contribution is -2.37. The minimum Gasteiger partial charge on any atom is -0.310 e. The summed E-state index contributed by atoms with van der Waals surface area (Å²) in [4.78, 5) is 18.3. The Morgan fingerprint density at radius 3 is 2.86 bits per heavy atom. The van der Waals surface area contributed by atoms with Crippen molar-refractivity contribution in [3.63, 3.8) is 0 Å². The largest absolute Gasteiger partial charge is 0.310 e. The van der Waals surface area contributed by atoms with Crippen molar-refractivity contribution in [3.8, 4) is 6.07 Å². The summed E-state index contributed by atoms with van der Waals surface area (Å²) in [5.74, 6) is -0.0575. The summed E-state index contributed by atoms with van der Waals surface area (Å²) in [6.07, 6.45) is 1.70. The van der Waals surface area contributed by atoms with Crippen LogP contribution in [0.1, 0.15) is 13.3 Å². The van der Waals surface area contributed by atoms with Crippen molar-refractivity contribution >= 4 is 23.4 Å². The quantitative estimate of drug-likeness (QED) is 0.827. The minimum atomic E-state index is -0.322. The van der Waals surface area contributed by atoms with Gasteiger partial charge in [0.15, 0.2) is 5.16 Å². The van der Waals surface area contributed by atoms with Gasteiger partial charge in [-0.2, -0.15) is 10.4 Å². The Hall–Kier alpha value is -2.33. The summed E-state index contributed by atoms with van der Waals surface area (Å²) in [5.41, 5.74) is 0.794. The molecule has 2 aromatic rings. The number of hydrogen-bond donors (Lipinski definition) is 1. The third-order valence-corrected chi connectivity index (χ3v) is 3.79. The second-order valence-electron chi connectivity index (χ2n) is 4.28. The van der Waals surface area contributed by atoms with E-state index in [0.717, 1.165) is 5.69 Å². The molecular formula is C14H15N5OS. The molecule has 1 heterocycles. The van der Waals surface area contributed by atoms with Crippen molar-refractivity contribution in [2.75, 3.05) is 11.4 Å². The highest BCUT2D eigenvalue weighted by atomic mass is 32.2. The molecule has 1 atom stereocenters. The van der Waals surface area contributed by atoms with Gasteiger partial charge >= 0.3 is 0 Å². The number of benzene rings is 1. The Morgan fingerprint density at radius 2 is 2.24 bits per heavy atom. The van der Waals surface area contributed by atoms with Crippen LogP contribution in [0.3, 0.4) is 0 Å². The number of amides is 1. The zero-order valence-corrected chi connectivity index (χ0v) is 12.4. The predicted molar refractivity (Wildman–Crippen MR) is 80.7 cm³/mol. The number of anilines is 1. The molecule has 1 amide bonds. The fourth-order valence-electron chi connectivity index (χ4n) is 1.82. The topological polar surface area (TPSA) is 85.7 Å². The Bertz CT molecular complexity index is 608. The fraction of sp³-hybridized carbons (Fsp3) is 0.286. The molecule has 0 fully saturated rings. The van der Waals surface area contributed by atoms with Crippen LogP contribution >= 0.6 is 11.8 Å². The number of nitrogens with zero attached hydrogens (tertiary/aromatic N) is 4. The van der Waals surface area contributed by atoms with Crippen LogP contribution in [-0.2, 0) is 4.79 Å². The molecule has 108 valence electrons. The van der Waals surface area contributed by atoms with Gasteiger partial charge in [0, 0.05) is 12.2 Å². The van der Waals surface area contributed by atoms with Crippen molar-refractivity contribution in [2.24, 2.45) is 0 Å². The number of aromatic nitrogens is 3. The number of rotatable bonds is 6. The van der Waals surface area contributed by atoms with E-state index in [0.29, 0.717) is 18.1 Å². The van der Waals surface area contributed by atoms with Gasteiger partial charge in [0.2, 0.25) is 5.91 Å². The maximum Gasteiger partial charge on any atom is 0.240 e. The molecule has 6 nitrogen and oxygen atoms in total. The number of thioether (sulfide) groups is 1. The van der Waals surface area contributed by atoms with E-state index in [1.807, 2.05) is 37.3 Å². The molecule has 1 N–H and O–H groups in total. The Labute approximate surface area is 127 Å². The van der Waals surface area contributed by atoms with E-state index >= 15 is 0 Å². The Balaban J connectivity index is 2.12. The maximum atomic E-state index is 12.6. The van der Waals surface area contributed by atoms with Gasteiger partial charge in [-0.25, -0.2) is 4.98 Å². The minimum absolute atomic E-state index is 0.0575. The normalized spacial score (nSPS) is 11.6. The van der Waals surface area contributed by atoms with Crippen molar-refractivity contribution in [1.29, 1.82) is 5.26 Å². The molecule has 0 aliphatic heterocycles. The fourth-order valence-corrected chi connectivity index (χ4v) is 2.60. The average molecular weight is 301 g/mol.